The van der Waals surface area contributed by atoms with E-state index in [-0.39, 0.29) is 17.9 Å². The summed E-state index contributed by atoms with van der Waals surface area (Å²) in [4.78, 5) is 13.9. The van der Waals surface area contributed by atoms with Crippen LogP contribution in [0.1, 0.15) is 13.3 Å². The highest BCUT2D eigenvalue weighted by Gasteiger charge is 2.27. The minimum Gasteiger partial charge on any atom is -0.319 e. The van der Waals surface area contributed by atoms with Crippen molar-refractivity contribution in [1.82, 2.24) is 10.2 Å². The van der Waals surface area contributed by atoms with E-state index in [0.717, 1.165) is 19.5 Å². The first kappa shape index (κ1) is 12.8. The highest BCUT2D eigenvalue weighted by atomic mass is 19.1. The third-order valence-electron chi connectivity index (χ3n) is 3.00. The largest absolute Gasteiger partial charge is 0.322 e. The number of hydrogen-bond donors (Lipinski definition) is 2. The van der Waals surface area contributed by atoms with Crippen LogP contribution in [0.4, 0.5) is 14.9 Å². The molecule has 0 unspecified atom stereocenters. The van der Waals surface area contributed by atoms with Gasteiger partial charge in [0.1, 0.15) is 5.82 Å². The lowest BCUT2D eigenvalue weighted by Gasteiger charge is -2.38. The number of nitrogens with one attached hydrogen (secondary N) is 2. The summed E-state index contributed by atoms with van der Waals surface area (Å²) in [6.45, 7) is 4.41. The van der Waals surface area contributed by atoms with Crippen LogP contribution in [0.15, 0.2) is 24.3 Å². The van der Waals surface area contributed by atoms with Gasteiger partial charge in [-0.3, -0.25) is 0 Å². The maximum Gasteiger partial charge on any atom is 0.322 e. The van der Waals surface area contributed by atoms with Crippen LogP contribution in [-0.4, -0.2) is 36.6 Å². The number of anilines is 1. The van der Waals surface area contributed by atoms with Crippen molar-refractivity contribution in [2.75, 3.05) is 25.0 Å². The summed E-state index contributed by atoms with van der Waals surface area (Å²) >= 11 is 0. The molecule has 2 amide bonds. The Morgan fingerprint density at radius 1 is 1.56 bits per heavy atom. The number of carbonyl (C=O) groups excluding carboxylic acids is 1. The van der Waals surface area contributed by atoms with E-state index in [0.29, 0.717) is 12.2 Å². The molecule has 5 heteroatoms. The molecule has 0 aliphatic carbocycles. The standard InChI is InChI=1S/C13H18FN3O/c1-2-6-17(12-8-15-9-12)13(18)16-11-5-3-4-10(14)7-11/h3-5,7,12,15H,2,6,8-9H2,1H3,(H,16,18). The van der Waals surface area contributed by atoms with Crippen molar-refractivity contribution in [1.29, 1.82) is 0 Å². The molecule has 0 aromatic heterocycles. The van der Waals surface area contributed by atoms with Crippen molar-refractivity contribution in [2.45, 2.75) is 19.4 Å². The molecule has 0 spiro atoms. The molecule has 1 saturated heterocycles. The zero-order valence-corrected chi connectivity index (χ0v) is 10.4. The molecule has 98 valence electrons. The number of rotatable bonds is 4. The van der Waals surface area contributed by atoms with E-state index in [1.165, 1.54) is 12.1 Å². The summed E-state index contributed by atoms with van der Waals surface area (Å²) in [5, 5.41) is 5.88. The summed E-state index contributed by atoms with van der Waals surface area (Å²) in [6, 6.07) is 6.04. The molecule has 1 aliphatic heterocycles. The first-order chi connectivity index (χ1) is 8.70. The van der Waals surface area contributed by atoms with Crippen molar-refractivity contribution < 1.29 is 9.18 Å². The van der Waals surface area contributed by atoms with Gasteiger partial charge >= 0.3 is 6.03 Å². The Bertz CT molecular complexity index is 420. The molecule has 1 aliphatic rings. The van der Waals surface area contributed by atoms with Crippen LogP contribution in [0.2, 0.25) is 0 Å². The van der Waals surface area contributed by atoms with Crippen LogP contribution >= 0.6 is 0 Å². The highest BCUT2D eigenvalue weighted by Crippen LogP contribution is 2.13. The summed E-state index contributed by atoms with van der Waals surface area (Å²) < 4.78 is 13.0. The number of carbonyl (C=O) groups is 1. The fraction of sp³-hybridized carbons (Fsp3) is 0.462. The van der Waals surface area contributed by atoms with Gasteiger partial charge in [0.05, 0.1) is 6.04 Å². The third-order valence-corrected chi connectivity index (χ3v) is 3.00. The van der Waals surface area contributed by atoms with Crippen LogP contribution in [0.5, 0.6) is 0 Å². The first-order valence-electron chi connectivity index (χ1n) is 6.24. The molecule has 4 nitrogen and oxygen atoms in total. The van der Waals surface area contributed by atoms with Crippen LogP contribution in [0.3, 0.4) is 0 Å². The monoisotopic (exact) mass is 251 g/mol. The van der Waals surface area contributed by atoms with Gasteiger partial charge in [0, 0.05) is 25.3 Å². The Hall–Kier alpha value is -1.62. The van der Waals surface area contributed by atoms with Gasteiger partial charge < -0.3 is 15.5 Å². The Kier molecular flexibility index (Phi) is 4.15. The Morgan fingerprint density at radius 2 is 2.33 bits per heavy atom. The molecule has 0 bridgehead atoms. The van der Waals surface area contributed by atoms with E-state index in [2.05, 4.69) is 10.6 Å². The predicted molar refractivity (Wildman–Crippen MR) is 69.1 cm³/mol. The SMILES string of the molecule is CCCN(C(=O)Nc1cccc(F)c1)C1CNC1. The molecular formula is C13H18FN3O. The normalized spacial score (nSPS) is 15.0. The summed E-state index contributed by atoms with van der Waals surface area (Å²) in [6.07, 6.45) is 0.910. The first-order valence-corrected chi connectivity index (χ1v) is 6.24. The maximum atomic E-state index is 13.0. The van der Waals surface area contributed by atoms with Crippen LogP contribution < -0.4 is 10.6 Å². The second kappa shape index (κ2) is 5.82. The molecule has 0 saturated carbocycles. The number of urea groups is 1. The zero-order chi connectivity index (χ0) is 13.0. The number of amides is 2. The van der Waals surface area contributed by atoms with E-state index < -0.39 is 0 Å². The number of nitrogens with zero attached hydrogens (tertiary/aromatic N) is 1. The Morgan fingerprint density at radius 3 is 2.89 bits per heavy atom. The second-order valence-corrected chi connectivity index (χ2v) is 4.45. The lowest BCUT2D eigenvalue weighted by atomic mass is 10.1. The van der Waals surface area contributed by atoms with Crippen molar-refractivity contribution in [3.63, 3.8) is 0 Å². The molecule has 1 fully saturated rings. The zero-order valence-electron chi connectivity index (χ0n) is 10.4. The molecule has 0 atom stereocenters. The number of halogens is 1. The molecule has 0 radical (unpaired) electrons. The Balaban J connectivity index is 2.00. The van der Waals surface area contributed by atoms with Crippen LogP contribution in [0.25, 0.3) is 0 Å². The molecular weight excluding hydrogens is 233 g/mol. The lowest BCUT2D eigenvalue weighted by Crippen LogP contribution is -2.59. The fourth-order valence-electron chi connectivity index (χ4n) is 1.95. The van der Waals surface area contributed by atoms with E-state index in [4.69, 9.17) is 0 Å². The smallest absolute Gasteiger partial charge is 0.319 e. The van der Waals surface area contributed by atoms with Gasteiger partial charge in [-0.05, 0) is 24.6 Å². The average Bonchev–Trinajstić information content (AvgIpc) is 2.26. The topological polar surface area (TPSA) is 44.4 Å². The van der Waals surface area contributed by atoms with Crippen molar-refractivity contribution in [3.05, 3.63) is 30.1 Å². The van der Waals surface area contributed by atoms with Gasteiger partial charge in [-0.2, -0.15) is 0 Å². The molecule has 1 aromatic carbocycles. The minimum absolute atomic E-state index is 0.158. The summed E-state index contributed by atoms with van der Waals surface area (Å²) in [5.74, 6) is -0.347. The van der Waals surface area contributed by atoms with E-state index in [1.807, 2.05) is 6.92 Å². The predicted octanol–water partition coefficient (Wildman–Crippen LogP) is 2.04. The Labute approximate surface area is 106 Å². The molecule has 2 rings (SSSR count). The molecule has 18 heavy (non-hydrogen) atoms. The van der Waals surface area contributed by atoms with Crippen molar-refractivity contribution >= 4 is 11.7 Å². The maximum absolute atomic E-state index is 13.0. The quantitative estimate of drug-likeness (QED) is 0.860. The van der Waals surface area contributed by atoms with Gasteiger partial charge in [-0.1, -0.05) is 13.0 Å². The number of benzene rings is 1. The fourth-order valence-corrected chi connectivity index (χ4v) is 1.95. The third kappa shape index (κ3) is 2.98. The van der Waals surface area contributed by atoms with E-state index in [9.17, 15) is 9.18 Å². The second-order valence-electron chi connectivity index (χ2n) is 4.45. The lowest BCUT2D eigenvalue weighted by molar-refractivity contribution is 0.161. The highest BCUT2D eigenvalue weighted by molar-refractivity contribution is 5.89. The van der Waals surface area contributed by atoms with Gasteiger partial charge in [-0.25, -0.2) is 9.18 Å². The minimum atomic E-state index is -0.347. The van der Waals surface area contributed by atoms with Crippen LogP contribution in [0, 0.1) is 5.82 Å². The molecule has 1 heterocycles. The summed E-state index contributed by atoms with van der Waals surface area (Å²) in [7, 11) is 0. The number of hydrogen-bond acceptors (Lipinski definition) is 2. The van der Waals surface area contributed by atoms with E-state index >= 15 is 0 Å². The van der Waals surface area contributed by atoms with Crippen LogP contribution in [-0.2, 0) is 0 Å². The van der Waals surface area contributed by atoms with E-state index in [1.54, 1.807) is 17.0 Å². The van der Waals surface area contributed by atoms with Crippen molar-refractivity contribution in [3.8, 4) is 0 Å². The van der Waals surface area contributed by atoms with Gasteiger partial charge in [-0.15, -0.1) is 0 Å². The molecule has 1 aromatic rings. The van der Waals surface area contributed by atoms with Gasteiger partial charge in [0.2, 0.25) is 0 Å². The summed E-state index contributed by atoms with van der Waals surface area (Å²) in [5.41, 5.74) is 0.494. The molecule has 2 N–H and O–H groups in total. The van der Waals surface area contributed by atoms with Crippen molar-refractivity contribution in [2.24, 2.45) is 0 Å². The van der Waals surface area contributed by atoms with Gasteiger partial charge in [0.15, 0.2) is 0 Å². The van der Waals surface area contributed by atoms with Gasteiger partial charge in [0.25, 0.3) is 0 Å². The average molecular weight is 251 g/mol.